The number of rotatable bonds is 2. The van der Waals surface area contributed by atoms with Crippen molar-refractivity contribution in [2.24, 2.45) is 17.3 Å². The Hall–Kier alpha value is -1.46. The molecular weight excluding hydrogens is 248 g/mol. The lowest BCUT2D eigenvalue weighted by molar-refractivity contribution is -0.211. The number of allylic oxidation sites excluding steroid dienone is 2. The van der Waals surface area contributed by atoms with Crippen LogP contribution >= 0.6 is 0 Å². The van der Waals surface area contributed by atoms with E-state index >= 15 is 0 Å². The molecule has 3 aliphatic rings. The Morgan fingerprint density at radius 1 is 1.47 bits per heavy atom. The van der Waals surface area contributed by atoms with Crippen molar-refractivity contribution in [2.45, 2.75) is 12.2 Å². The summed E-state index contributed by atoms with van der Waals surface area (Å²) in [6.45, 7) is 0.436. The van der Waals surface area contributed by atoms with Gasteiger partial charge in [-0.2, -0.15) is 0 Å². The normalized spacial score (nSPS) is 43.2. The lowest BCUT2D eigenvalue weighted by Crippen LogP contribution is -2.58. The van der Waals surface area contributed by atoms with Gasteiger partial charge in [-0.25, -0.2) is 0 Å². The molecule has 102 valence electrons. The second-order valence-corrected chi connectivity index (χ2v) is 5.17. The minimum Gasteiger partial charge on any atom is -0.468 e. The average molecular weight is 264 g/mol. The van der Waals surface area contributed by atoms with Gasteiger partial charge < -0.3 is 14.2 Å². The van der Waals surface area contributed by atoms with Crippen LogP contribution < -0.4 is 0 Å². The van der Waals surface area contributed by atoms with E-state index in [1.54, 1.807) is 6.08 Å². The zero-order valence-corrected chi connectivity index (χ0v) is 10.9. The van der Waals surface area contributed by atoms with Crippen molar-refractivity contribution in [3.05, 3.63) is 24.3 Å². The van der Waals surface area contributed by atoms with Crippen molar-refractivity contribution >= 4 is 11.8 Å². The molecule has 1 saturated heterocycles. The number of ketones is 1. The van der Waals surface area contributed by atoms with Gasteiger partial charge in [0.2, 0.25) is 0 Å². The quantitative estimate of drug-likeness (QED) is 0.420. The number of esters is 1. The van der Waals surface area contributed by atoms with Crippen LogP contribution in [0.1, 0.15) is 6.42 Å². The van der Waals surface area contributed by atoms with Crippen LogP contribution in [-0.2, 0) is 23.8 Å². The molecule has 0 radical (unpaired) electrons. The first-order valence-electron chi connectivity index (χ1n) is 6.28. The Kier molecular flexibility index (Phi) is 2.66. The molecule has 5 nitrogen and oxygen atoms in total. The molecule has 0 N–H and O–H groups in total. The van der Waals surface area contributed by atoms with Crippen LogP contribution in [0, 0.1) is 17.3 Å². The van der Waals surface area contributed by atoms with Crippen LogP contribution in [0.4, 0.5) is 0 Å². The molecule has 0 saturated carbocycles. The first kappa shape index (κ1) is 12.6. The predicted molar refractivity (Wildman–Crippen MR) is 65.0 cm³/mol. The number of ether oxygens (including phenoxy) is 3. The molecule has 0 aromatic carbocycles. The van der Waals surface area contributed by atoms with E-state index < -0.39 is 17.2 Å². The third-order valence-electron chi connectivity index (χ3n) is 4.49. The highest BCUT2D eigenvalue weighted by Gasteiger charge is 2.67. The maximum Gasteiger partial charge on any atom is 0.320 e. The highest BCUT2D eigenvalue weighted by molar-refractivity contribution is 6.11. The molecule has 0 amide bonds. The first-order valence-corrected chi connectivity index (χ1v) is 6.28. The lowest BCUT2D eigenvalue weighted by Gasteiger charge is -2.46. The molecule has 2 aliphatic carbocycles. The summed E-state index contributed by atoms with van der Waals surface area (Å²) in [5.41, 5.74) is -1.21. The predicted octanol–water partition coefficient (Wildman–Crippen LogP) is 0.850. The third-order valence-corrected chi connectivity index (χ3v) is 4.49. The minimum absolute atomic E-state index is 0.0123. The van der Waals surface area contributed by atoms with Crippen LogP contribution in [0.5, 0.6) is 0 Å². The van der Waals surface area contributed by atoms with E-state index in [0.29, 0.717) is 13.0 Å². The molecule has 4 atom stereocenters. The van der Waals surface area contributed by atoms with E-state index in [-0.39, 0.29) is 17.6 Å². The second-order valence-electron chi connectivity index (χ2n) is 5.17. The number of hydrogen-bond acceptors (Lipinski definition) is 5. The van der Waals surface area contributed by atoms with Gasteiger partial charge >= 0.3 is 5.97 Å². The van der Waals surface area contributed by atoms with E-state index in [1.165, 1.54) is 20.3 Å². The SMILES string of the molecule is COC(=O)[C@]12CC=C[C@@H]3CO[C@](OC)(C=CC1=O)[C@@H]32. The average Bonchev–Trinajstić information content (AvgIpc) is 2.83. The number of hydrogen-bond donors (Lipinski definition) is 0. The van der Waals surface area contributed by atoms with Crippen molar-refractivity contribution in [3.8, 4) is 0 Å². The van der Waals surface area contributed by atoms with Crippen LogP contribution in [0.3, 0.4) is 0 Å². The Labute approximate surface area is 111 Å². The molecular formula is C14H16O5. The topological polar surface area (TPSA) is 61.8 Å². The standard InChI is InChI=1S/C14H16O5/c1-17-12(16)13-6-3-4-9-8-19-14(18-2,11(9)13)7-5-10(13)15/h3-5,7,9,11H,6,8H2,1-2H3/t9-,11+,13-,14-/m1/s1. The summed E-state index contributed by atoms with van der Waals surface area (Å²) in [7, 11) is 2.84. The van der Waals surface area contributed by atoms with E-state index in [2.05, 4.69) is 0 Å². The molecule has 0 bridgehead atoms. The van der Waals surface area contributed by atoms with Gasteiger partial charge in [0.1, 0.15) is 5.41 Å². The smallest absolute Gasteiger partial charge is 0.320 e. The summed E-state index contributed by atoms with van der Waals surface area (Å²) in [4.78, 5) is 24.7. The van der Waals surface area contributed by atoms with Crippen LogP contribution in [0.2, 0.25) is 0 Å². The van der Waals surface area contributed by atoms with E-state index in [1.807, 2.05) is 12.2 Å². The maximum atomic E-state index is 12.4. The van der Waals surface area contributed by atoms with E-state index in [4.69, 9.17) is 14.2 Å². The zero-order chi connectivity index (χ0) is 13.7. The van der Waals surface area contributed by atoms with Crippen molar-refractivity contribution in [1.82, 2.24) is 0 Å². The third kappa shape index (κ3) is 1.37. The second kappa shape index (κ2) is 4.02. The Morgan fingerprint density at radius 2 is 2.26 bits per heavy atom. The van der Waals surface area contributed by atoms with Gasteiger partial charge in [-0.1, -0.05) is 12.2 Å². The molecule has 0 aromatic rings. The number of carbonyl (C=O) groups excluding carboxylic acids is 2. The summed E-state index contributed by atoms with van der Waals surface area (Å²) < 4.78 is 16.2. The molecule has 0 aromatic heterocycles. The fourth-order valence-electron chi connectivity index (χ4n) is 3.64. The monoisotopic (exact) mass is 264 g/mol. The fourth-order valence-corrected chi connectivity index (χ4v) is 3.64. The molecule has 0 unspecified atom stereocenters. The molecule has 0 spiro atoms. The first-order chi connectivity index (χ1) is 9.10. The Morgan fingerprint density at radius 3 is 2.95 bits per heavy atom. The Balaban J connectivity index is 2.20. The van der Waals surface area contributed by atoms with E-state index in [0.717, 1.165) is 0 Å². The van der Waals surface area contributed by atoms with E-state index in [9.17, 15) is 9.59 Å². The number of carbonyl (C=O) groups is 2. The van der Waals surface area contributed by atoms with Gasteiger partial charge in [0, 0.05) is 18.9 Å². The molecule has 1 aliphatic heterocycles. The van der Waals surface area contributed by atoms with Crippen molar-refractivity contribution in [2.75, 3.05) is 20.8 Å². The maximum absolute atomic E-state index is 12.4. The lowest BCUT2D eigenvalue weighted by atomic mass is 9.58. The largest absolute Gasteiger partial charge is 0.468 e. The summed E-state index contributed by atoms with van der Waals surface area (Å²) >= 11 is 0. The fraction of sp³-hybridized carbons (Fsp3) is 0.571. The summed E-state index contributed by atoms with van der Waals surface area (Å²) in [6.07, 6.45) is 7.21. The van der Waals surface area contributed by atoms with Crippen LogP contribution in [0.25, 0.3) is 0 Å². The highest BCUT2D eigenvalue weighted by Crippen LogP contribution is 2.56. The van der Waals surface area contributed by atoms with Gasteiger partial charge in [0.15, 0.2) is 11.6 Å². The van der Waals surface area contributed by atoms with Crippen molar-refractivity contribution in [3.63, 3.8) is 0 Å². The van der Waals surface area contributed by atoms with Crippen LogP contribution in [-0.4, -0.2) is 38.4 Å². The minimum atomic E-state index is -1.21. The van der Waals surface area contributed by atoms with Crippen molar-refractivity contribution in [1.29, 1.82) is 0 Å². The van der Waals surface area contributed by atoms with Crippen molar-refractivity contribution < 1.29 is 23.8 Å². The molecule has 1 heterocycles. The van der Waals surface area contributed by atoms with Gasteiger partial charge in [-0.3, -0.25) is 9.59 Å². The molecule has 1 fully saturated rings. The van der Waals surface area contributed by atoms with Gasteiger partial charge in [0.05, 0.1) is 13.7 Å². The van der Waals surface area contributed by atoms with Crippen LogP contribution in [0.15, 0.2) is 24.3 Å². The summed E-state index contributed by atoms with van der Waals surface area (Å²) in [6, 6.07) is 0. The molecule has 3 rings (SSSR count). The zero-order valence-electron chi connectivity index (χ0n) is 10.9. The molecule has 19 heavy (non-hydrogen) atoms. The Bertz CT molecular complexity index is 494. The summed E-state index contributed by atoms with van der Waals surface area (Å²) in [5, 5.41) is 0. The summed E-state index contributed by atoms with van der Waals surface area (Å²) in [5.74, 6) is -2.11. The van der Waals surface area contributed by atoms with Gasteiger partial charge in [-0.05, 0) is 18.6 Å². The highest BCUT2D eigenvalue weighted by atomic mass is 16.7. The van der Waals surface area contributed by atoms with Gasteiger partial charge in [-0.15, -0.1) is 0 Å². The number of methoxy groups -OCH3 is 2. The molecule has 5 heteroatoms. The van der Waals surface area contributed by atoms with Gasteiger partial charge in [0.25, 0.3) is 0 Å².